The van der Waals surface area contributed by atoms with E-state index in [4.69, 9.17) is 2.74 Å². The Kier molecular flexibility index (Phi) is 1.87. The molecule has 0 rings (SSSR count). The van der Waals surface area contributed by atoms with Crippen molar-refractivity contribution < 1.29 is 2.74 Å². The molecule has 0 aromatic carbocycles. The molecule has 0 aromatic heterocycles. The molecule has 0 amide bonds. The van der Waals surface area contributed by atoms with E-state index in [1.165, 1.54) is 0 Å². The van der Waals surface area contributed by atoms with Gasteiger partial charge in [0.05, 0.1) is 0 Å². The van der Waals surface area contributed by atoms with Crippen LogP contribution in [-0.2, 0) is 0 Å². The fraction of sp³-hybridized carbons (Fsp3) is 1.00. The predicted molar refractivity (Wildman–Crippen MR) is 29.2 cm³/mol. The Bertz CT molecular complexity index is 38.5. The molecular formula is C3H7I. The summed E-state index contributed by atoms with van der Waals surface area (Å²) in [4.78, 5) is 0. The quantitative estimate of drug-likeness (QED) is 0.418. The highest BCUT2D eigenvalue weighted by atomic mass is 127. The first-order valence-corrected chi connectivity index (χ1v) is 2.33. The van der Waals surface area contributed by atoms with E-state index in [2.05, 4.69) is 0 Å². The maximum Gasteiger partial charge on any atom is 0.0377 e. The summed E-state index contributed by atoms with van der Waals surface area (Å²) in [7, 11) is 0. The second-order valence-electron chi connectivity index (χ2n) is 0.487. The lowest BCUT2D eigenvalue weighted by molar-refractivity contribution is 1.13. The van der Waals surface area contributed by atoms with Crippen LogP contribution in [0.3, 0.4) is 0 Å². The summed E-state index contributed by atoms with van der Waals surface area (Å²) in [6.07, 6.45) is 0.591. The summed E-state index contributed by atoms with van der Waals surface area (Å²) in [6, 6.07) is 0. The third-order valence-electron chi connectivity index (χ3n) is 0.134. The van der Waals surface area contributed by atoms with Gasteiger partial charge in [-0.05, 0) is 10.8 Å². The number of halogens is 1. The fourth-order valence-electron chi connectivity index (χ4n) is 0. The topological polar surface area (TPSA) is 0 Å². The second kappa shape index (κ2) is 3.73. The Morgan fingerprint density at radius 2 is 2.50 bits per heavy atom. The molecule has 4 heavy (non-hydrogen) atoms. The van der Waals surface area contributed by atoms with Crippen LogP contribution in [0.1, 0.15) is 16.1 Å². The van der Waals surface area contributed by atoms with Crippen molar-refractivity contribution >= 4 is 22.6 Å². The smallest absolute Gasteiger partial charge is 0.0377 e. The third kappa shape index (κ3) is 2.73. The minimum Gasteiger partial charge on any atom is -0.0864 e. The van der Waals surface area contributed by atoms with Crippen molar-refractivity contribution in [3.05, 3.63) is 0 Å². The highest BCUT2D eigenvalue weighted by molar-refractivity contribution is 14.1. The predicted octanol–water partition coefficient (Wildman–Crippen LogP) is 1.83. The van der Waals surface area contributed by atoms with Crippen LogP contribution in [0, 0.1) is 0 Å². The zero-order chi connectivity index (χ0) is 5.21. The van der Waals surface area contributed by atoms with E-state index in [-0.39, 0.29) is 0 Å². The van der Waals surface area contributed by atoms with Crippen molar-refractivity contribution in [3.63, 3.8) is 0 Å². The molecule has 0 saturated carbocycles. The van der Waals surface area contributed by atoms with Gasteiger partial charge in [0, 0.05) is 2.74 Å². The molecule has 0 N–H and O–H groups in total. The molecular weight excluding hydrogens is 163 g/mol. The molecule has 0 radical (unpaired) electrons. The molecule has 0 aliphatic heterocycles. The molecule has 0 atom stereocenters. The van der Waals surface area contributed by atoms with Gasteiger partial charge in [-0.2, -0.15) is 0 Å². The van der Waals surface area contributed by atoms with Crippen LogP contribution in [0.2, 0.25) is 0 Å². The summed E-state index contributed by atoms with van der Waals surface area (Å²) in [6.45, 7) is 1.83. The summed E-state index contributed by atoms with van der Waals surface area (Å²) in [5.41, 5.74) is 0. The van der Waals surface area contributed by atoms with E-state index in [0.29, 0.717) is 6.42 Å². The van der Waals surface area contributed by atoms with Gasteiger partial charge in [0.1, 0.15) is 0 Å². The molecule has 0 nitrogen and oxygen atoms in total. The Morgan fingerprint density at radius 1 is 2.25 bits per heavy atom. The lowest BCUT2D eigenvalue weighted by Gasteiger charge is -1.66. The zero-order valence-corrected chi connectivity index (χ0v) is 4.74. The molecule has 1 heteroatoms. The molecule has 26 valence electrons. The average molecular weight is 172 g/mol. The zero-order valence-electron chi connectivity index (χ0n) is 4.59. The van der Waals surface area contributed by atoms with Gasteiger partial charge in [-0.15, -0.1) is 0 Å². The van der Waals surface area contributed by atoms with E-state index < -0.39 is 4.38 Å². The maximum absolute atomic E-state index is 6.83. The van der Waals surface area contributed by atoms with E-state index in [1.807, 2.05) is 6.92 Å². The van der Waals surface area contributed by atoms with Gasteiger partial charge in [0.25, 0.3) is 0 Å². The molecule has 0 saturated heterocycles. The van der Waals surface area contributed by atoms with Crippen LogP contribution < -0.4 is 0 Å². The summed E-state index contributed by atoms with van der Waals surface area (Å²) in [5, 5.41) is 0. The van der Waals surface area contributed by atoms with Crippen LogP contribution in [0.4, 0.5) is 0 Å². The van der Waals surface area contributed by atoms with Crippen molar-refractivity contribution in [3.8, 4) is 0 Å². The molecule has 0 aromatic rings. The molecule has 0 unspecified atom stereocenters. The normalized spacial score (nSPS) is 18.5. The van der Waals surface area contributed by atoms with Crippen LogP contribution in [0.5, 0.6) is 0 Å². The molecule has 0 fully saturated rings. The summed E-state index contributed by atoms with van der Waals surface area (Å²) >= 11 is 1.77. The summed E-state index contributed by atoms with van der Waals surface area (Å²) < 4.78 is 12.7. The van der Waals surface area contributed by atoms with Crippen molar-refractivity contribution in [2.24, 2.45) is 0 Å². The van der Waals surface area contributed by atoms with Crippen molar-refractivity contribution in [2.75, 3.05) is 4.38 Å². The first kappa shape index (κ1) is 2.00. The van der Waals surface area contributed by atoms with Gasteiger partial charge >= 0.3 is 0 Å². The molecule has 0 aliphatic rings. The summed E-state index contributed by atoms with van der Waals surface area (Å²) in [5.74, 6) is 0. The molecule has 0 spiro atoms. The van der Waals surface area contributed by atoms with Crippen LogP contribution in [-0.4, -0.2) is 4.38 Å². The van der Waals surface area contributed by atoms with Crippen LogP contribution in [0.15, 0.2) is 0 Å². The Morgan fingerprint density at radius 3 is 2.50 bits per heavy atom. The van der Waals surface area contributed by atoms with Gasteiger partial charge in [-0.25, -0.2) is 0 Å². The Labute approximate surface area is 43.5 Å². The highest BCUT2D eigenvalue weighted by Crippen LogP contribution is 1.81. The standard InChI is InChI=1S/C3H7I/c1-2-3-4/h2-3H2,1H3/i3D2. The van der Waals surface area contributed by atoms with Gasteiger partial charge in [-0.3, -0.25) is 0 Å². The lowest BCUT2D eigenvalue weighted by atomic mass is 10.6. The van der Waals surface area contributed by atoms with Gasteiger partial charge < -0.3 is 0 Å². The van der Waals surface area contributed by atoms with Crippen molar-refractivity contribution in [1.82, 2.24) is 0 Å². The largest absolute Gasteiger partial charge is 0.0864 e. The molecule has 0 bridgehead atoms. The van der Waals surface area contributed by atoms with Gasteiger partial charge in [0.15, 0.2) is 0 Å². The first-order chi connectivity index (χ1) is 2.56. The van der Waals surface area contributed by atoms with Gasteiger partial charge in [0.2, 0.25) is 0 Å². The fourth-order valence-corrected chi connectivity index (χ4v) is 0. The van der Waals surface area contributed by atoms with Crippen molar-refractivity contribution in [1.29, 1.82) is 0 Å². The third-order valence-corrected chi connectivity index (χ3v) is 0.896. The SMILES string of the molecule is [2H]C([2H])(I)CC. The average Bonchev–Trinajstić information content (AvgIpc) is 1.35. The number of hydrogen-bond acceptors (Lipinski definition) is 0. The number of alkyl halides is 1. The maximum atomic E-state index is 6.83. The Hall–Kier alpha value is 0.730. The second-order valence-corrected chi connectivity index (χ2v) is 1.25. The molecule has 0 aliphatic carbocycles. The van der Waals surface area contributed by atoms with Gasteiger partial charge in [-0.1, -0.05) is 29.5 Å². The lowest BCUT2D eigenvalue weighted by Crippen LogP contribution is -1.54. The monoisotopic (exact) mass is 172 g/mol. The van der Waals surface area contributed by atoms with E-state index >= 15 is 0 Å². The minimum atomic E-state index is -0.988. The highest BCUT2D eigenvalue weighted by Gasteiger charge is 1.58. The first-order valence-electron chi connectivity index (χ1n) is 2.25. The number of rotatable bonds is 1. The minimum absolute atomic E-state index is 0.591. The van der Waals surface area contributed by atoms with Crippen LogP contribution >= 0.6 is 22.6 Å². The number of hydrogen-bond donors (Lipinski definition) is 0. The van der Waals surface area contributed by atoms with Crippen molar-refractivity contribution in [2.45, 2.75) is 13.3 Å². The van der Waals surface area contributed by atoms with E-state index in [9.17, 15) is 0 Å². The molecule has 0 heterocycles. The van der Waals surface area contributed by atoms with E-state index in [0.717, 1.165) is 0 Å². The van der Waals surface area contributed by atoms with Crippen LogP contribution in [0.25, 0.3) is 0 Å². The Balaban J connectivity index is 3.17. The van der Waals surface area contributed by atoms with E-state index in [1.54, 1.807) is 22.6 Å².